The number of nitrogens with two attached hydrogens (primary N) is 1. The summed E-state index contributed by atoms with van der Waals surface area (Å²) in [5.41, 5.74) is 7.76. The topological polar surface area (TPSA) is 50.9 Å². The summed E-state index contributed by atoms with van der Waals surface area (Å²) in [6.45, 7) is 8.73. The second-order valence-corrected chi connectivity index (χ2v) is 6.61. The fourth-order valence-corrected chi connectivity index (χ4v) is 2.06. The van der Waals surface area contributed by atoms with Gasteiger partial charge in [0.2, 0.25) is 0 Å². The van der Waals surface area contributed by atoms with Crippen molar-refractivity contribution in [2.75, 3.05) is 5.32 Å². The van der Waals surface area contributed by atoms with Crippen molar-refractivity contribution >= 4 is 33.9 Å². The Kier molecular flexibility index (Phi) is 3.95. The number of hydrogen-bond acceptors (Lipinski definition) is 3. The first-order valence-corrected chi connectivity index (χ1v) is 7.16. The van der Waals surface area contributed by atoms with Gasteiger partial charge < -0.3 is 11.1 Å². The van der Waals surface area contributed by atoms with Crippen LogP contribution in [-0.2, 0) is 0 Å². The predicted molar refractivity (Wildman–Crippen MR) is 90.2 cm³/mol. The number of hydrogen-bond donors (Lipinski definition) is 2. The summed E-state index contributed by atoms with van der Waals surface area (Å²) in [7, 11) is 0. The Labute approximate surface area is 125 Å². The fraction of sp³-hybridized carbons (Fsp3) is 0.375. The molecule has 106 valence electrons. The van der Waals surface area contributed by atoms with E-state index in [2.05, 4.69) is 38.0 Å². The van der Waals surface area contributed by atoms with Crippen LogP contribution in [0.2, 0.25) is 0 Å². The second-order valence-electron chi connectivity index (χ2n) is 6.17. The summed E-state index contributed by atoms with van der Waals surface area (Å²) < 4.78 is 0. The summed E-state index contributed by atoms with van der Waals surface area (Å²) in [6, 6.07) is 10.1. The van der Waals surface area contributed by atoms with Crippen molar-refractivity contribution in [2.24, 2.45) is 11.1 Å². The third kappa shape index (κ3) is 3.07. The molecule has 3 nitrogen and oxygen atoms in total. The van der Waals surface area contributed by atoms with Crippen LogP contribution in [0.15, 0.2) is 30.3 Å². The minimum atomic E-state index is 0.150. The Morgan fingerprint density at radius 3 is 2.55 bits per heavy atom. The summed E-state index contributed by atoms with van der Waals surface area (Å²) in [5.74, 6) is 0.814. The van der Waals surface area contributed by atoms with Gasteiger partial charge >= 0.3 is 0 Å². The minimum Gasteiger partial charge on any atom is -0.389 e. The van der Waals surface area contributed by atoms with Crippen LogP contribution in [0, 0.1) is 5.41 Å². The van der Waals surface area contributed by atoms with E-state index in [0.717, 1.165) is 22.3 Å². The lowest BCUT2D eigenvalue weighted by atomic mass is 9.88. The van der Waals surface area contributed by atoms with Crippen LogP contribution in [0.1, 0.15) is 33.3 Å². The van der Waals surface area contributed by atoms with Gasteiger partial charge in [0.25, 0.3) is 0 Å². The van der Waals surface area contributed by atoms with E-state index >= 15 is 0 Å². The number of benzene rings is 1. The van der Waals surface area contributed by atoms with Crippen molar-refractivity contribution in [2.45, 2.75) is 33.7 Å². The summed E-state index contributed by atoms with van der Waals surface area (Å²) >= 11 is 5.16. The van der Waals surface area contributed by atoms with Crippen LogP contribution in [-0.4, -0.2) is 16.0 Å². The highest BCUT2D eigenvalue weighted by molar-refractivity contribution is 7.80. The molecule has 0 fully saturated rings. The number of nitrogens with one attached hydrogen (secondary N) is 1. The average molecular weight is 287 g/mol. The van der Waals surface area contributed by atoms with Gasteiger partial charge in [-0.15, -0.1) is 0 Å². The second kappa shape index (κ2) is 5.37. The number of pyridine rings is 1. The lowest BCUT2D eigenvalue weighted by molar-refractivity contribution is 0.359. The van der Waals surface area contributed by atoms with Crippen molar-refractivity contribution < 1.29 is 0 Å². The molecule has 0 aliphatic heterocycles. The first-order valence-electron chi connectivity index (χ1n) is 6.75. The normalized spacial score (nSPS) is 13.2. The lowest BCUT2D eigenvalue weighted by Gasteiger charge is -2.28. The van der Waals surface area contributed by atoms with Gasteiger partial charge in [-0.3, -0.25) is 0 Å². The standard InChI is InChI=1S/C16H21N3S/c1-10(16(2,3)4)18-14-9-12(15(17)20)11-7-5-6-8-13(11)19-14/h5-10H,1-4H3,(H2,17,20)(H,18,19). The van der Waals surface area contributed by atoms with Crippen molar-refractivity contribution in [3.05, 3.63) is 35.9 Å². The molecule has 0 aliphatic carbocycles. The fourth-order valence-electron chi connectivity index (χ4n) is 1.89. The molecule has 2 aromatic rings. The lowest BCUT2D eigenvalue weighted by Crippen LogP contribution is -2.31. The monoisotopic (exact) mass is 287 g/mol. The van der Waals surface area contributed by atoms with Gasteiger partial charge in [0.15, 0.2) is 0 Å². The number of para-hydroxylation sites is 1. The van der Waals surface area contributed by atoms with E-state index in [4.69, 9.17) is 18.0 Å². The molecule has 1 unspecified atom stereocenters. The van der Waals surface area contributed by atoms with E-state index in [9.17, 15) is 0 Å². The van der Waals surface area contributed by atoms with E-state index in [1.807, 2.05) is 30.3 Å². The predicted octanol–water partition coefficient (Wildman–Crippen LogP) is 3.72. The van der Waals surface area contributed by atoms with Crippen molar-refractivity contribution in [3.8, 4) is 0 Å². The molecule has 0 aliphatic rings. The molecule has 0 spiro atoms. The van der Waals surface area contributed by atoms with Gasteiger partial charge in [-0.2, -0.15) is 0 Å². The Balaban J connectivity index is 2.48. The number of fused-ring (bicyclic) bond motifs is 1. The highest BCUT2D eigenvalue weighted by Gasteiger charge is 2.20. The van der Waals surface area contributed by atoms with Crippen LogP contribution >= 0.6 is 12.2 Å². The maximum Gasteiger partial charge on any atom is 0.127 e. The first-order chi connectivity index (χ1) is 9.29. The summed E-state index contributed by atoms with van der Waals surface area (Å²) in [5, 5.41) is 4.44. The molecule has 0 radical (unpaired) electrons. The van der Waals surface area contributed by atoms with Crippen LogP contribution in [0.3, 0.4) is 0 Å². The summed E-state index contributed by atoms with van der Waals surface area (Å²) in [6.07, 6.45) is 0. The number of nitrogens with zero attached hydrogens (tertiary/aromatic N) is 1. The largest absolute Gasteiger partial charge is 0.389 e. The summed E-state index contributed by atoms with van der Waals surface area (Å²) in [4.78, 5) is 5.04. The van der Waals surface area contributed by atoms with Gasteiger partial charge in [-0.25, -0.2) is 4.98 Å². The number of rotatable bonds is 3. The molecule has 0 amide bonds. The highest BCUT2D eigenvalue weighted by Crippen LogP contribution is 2.25. The Hall–Kier alpha value is -1.68. The minimum absolute atomic E-state index is 0.150. The molecule has 0 saturated heterocycles. The number of thiocarbonyl (C=S) groups is 1. The number of aromatic nitrogens is 1. The molecule has 4 heteroatoms. The molecule has 2 rings (SSSR count). The third-order valence-corrected chi connectivity index (χ3v) is 3.86. The maximum atomic E-state index is 5.84. The molecular formula is C16H21N3S. The van der Waals surface area contributed by atoms with E-state index < -0.39 is 0 Å². The Bertz CT molecular complexity index is 644. The van der Waals surface area contributed by atoms with Gasteiger partial charge in [-0.05, 0) is 24.5 Å². The Morgan fingerprint density at radius 1 is 1.30 bits per heavy atom. The first kappa shape index (κ1) is 14.7. The zero-order valence-electron chi connectivity index (χ0n) is 12.4. The molecule has 1 atom stereocenters. The Morgan fingerprint density at radius 2 is 1.95 bits per heavy atom. The molecule has 1 aromatic heterocycles. The van der Waals surface area contributed by atoms with Gasteiger partial charge in [0.1, 0.15) is 10.8 Å². The zero-order chi connectivity index (χ0) is 14.9. The number of anilines is 1. The van der Waals surface area contributed by atoms with Gasteiger partial charge in [0.05, 0.1) is 5.52 Å². The van der Waals surface area contributed by atoms with Crippen LogP contribution in [0.5, 0.6) is 0 Å². The zero-order valence-corrected chi connectivity index (χ0v) is 13.2. The molecule has 0 bridgehead atoms. The van der Waals surface area contributed by atoms with Gasteiger partial charge in [0, 0.05) is 17.0 Å². The third-order valence-electron chi connectivity index (χ3n) is 3.65. The van der Waals surface area contributed by atoms with Crippen molar-refractivity contribution in [1.82, 2.24) is 4.98 Å². The highest BCUT2D eigenvalue weighted by atomic mass is 32.1. The van der Waals surface area contributed by atoms with Crippen LogP contribution < -0.4 is 11.1 Å². The SMILES string of the molecule is CC(Nc1cc(C(N)=S)c2ccccc2n1)C(C)(C)C. The molecular weight excluding hydrogens is 266 g/mol. The van der Waals surface area contributed by atoms with Crippen molar-refractivity contribution in [3.63, 3.8) is 0 Å². The van der Waals surface area contributed by atoms with Crippen LogP contribution in [0.25, 0.3) is 10.9 Å². The molecule has 20 heavy (non-hydrogen) atoms. The molecule has 1 aromatic carbocycles. The molecule has 1 heterocycles. The van der Waals surface area contributed by atoms with Gasteiger partial charge in [-0.1, -0.05) is 51.2 Å². The van der Waals surface area contributed by atoms with E-state index in [1.54, 1.807) is 0 Å². The van der Waals surface area contributed by atoms with E-state index in [-0.39, 0.29) is 11.5 Å². The van der Waals surface area contributed by atoms with Crippen LogP contribution in [0.4, 0.5) is 5.82 Å². The van der Waals surface area contributed by atoms with Crippen molar-refractivity contribution in [1.29, 1.82) is 0 Å². The molecule has 0 saturated carbocycles. The molecule has 3 N–H and O–H groups in total. The van der Waals surface area contributed by atoms with E-state index in [0.29, 0.717) is 4.99 Å². The quantitative estimate of drug-likeness (QED) is 0.845. The van der Waals surface area contributed by atoms with E-state index in [1.165, 1.54) is 0 Å². The smallest absolute Gasteiger partial charge is 0.127 e. The maximum absolute atomic E-state index is 5.84. The average Bonchev–Trinajstić information content (AvgIpc) is 2.36.